The summed E-state index contributed by atoms with van der Waals surface area (Å²) in [7, 11) is 0. The van der Waals surface area contributed by atoms with Crippen LogP contribution >= 0.6 is 11.6 Å². The molecule has 3 heterocycles. The average molecular weight is 477 g/mol. The molecule has 1 aliphatic rings. The molecule has 4 aromatic rings. The topological polar surface area (TPSA) is 109 Å². The second-order valence-electron chi connectivity index (χ2n) is 9.03. The Bertz CT molecular complexity index is 1400. The predicted octanol–water partition coefficient (Wildman–Crippen LogP) is 4.25. The lowest BCUT2D eigenvalue weighted by Gasteiger charge is -2.12. The zero-order chi connectivity index (χ0) is 23.9. The molecule has 9 heteroatoms. The normalized spacial score (nSPS) is 14.3. The molecular formula is C25H25ClN6O2. The number of benzene rings is 1. The van der Waals surface area contributed by atoms with Crippen LogP contribution in [0.2, 0.25) is 5.02 Å². The van der Waals surface area contributed by atoms with Crippen molar-refractivity contribution in [2.45, 2.75) is 51.7 Å². The van der Waals surface area contributed by atoms with Crippen LogP contribution in [0.4, 0.5) is 0 Å². The van der Waals surface area contributed by atoms with Crippen molar-refractivity contribution in [3.63, 3.8) is 0 Å². The summed E-state index contributed by atoms with van der Waals surface area (Å²) in [5, 5.41) is 0.528. The molecule has 1 fully saturated rings. The molecule has 5 rings (SSSR count). The first-order valence-corrected chi connectivity index (χ1v) is 11.6. The lowest BCUT2D eigenvalue weighted by molar-refractivity contribution is -0.117. The fraction of sp³-hybridized carbons (Fsp3) is 0.320. The SMILES string of the molecule is Cc1ccnc(Cn2c(-c3ccc(CCC(N)=O)cc3Cl)nc3c(OC4(C)CC4)ncnc32)c1. The van der Waals surface area contributed by atoms with Gasteiger partial charge in [0.2, 0.25) is 11.8 Å². The van der Waals surface area contributed by atoms with Gasteiger partial charge in [0.1, 0.15) is 17.8 Å². The van der Waals surface area contributed by atoms with Crippen molar-refractivity contribution >= 4 is 28.7 Å². The molecule has 1 aromatic carbocycles. The fourth-order valence-electron chi connectivity index (χ4n) is 3.87. The number of primary amides is 1. The van der Waals surface area contributed by atoms with Gasteiger partial charge in [0.15, 0.2) is 11.2 Å². The predicted molar refractivity (Wildman–Crippen MR) is 130 cm³/mol. The average Bonchev–Trinajstić information content (AvgIpc) is 3.41. The highest BCUT2D eigenvalue weighted by atomic mass is 35.5. The second kappa shape index (κ2) is 8.68. The summed E-state index contributed by atoms with van der Waals surface area (Å²) < 4.78 is 8.18. The number of nitrogens with zero attached hydrogens (tertiary/aromatic N) is 5. The number of carbonyl (C=O) groups is 1. The van der Waals surface area contributed by atoms with Gasteiger partial charge in [0, 0.05) is 18.2 Å². The van der Waals surface area contributed by atoms with Crippen LogP contribution in [0.15, 0.2) is 42.9 Å². The molecule has 0 atom stereocenters. The van der Waals surface area contributed by atoms with Gasteiger partial charge in [0.25, 0.3) is 0 Å². The summed E-state index contributed by atoms with van der Waals surface area (Å²) >= 11 is 6.71. The monoisotopic (exact) mass is 476 g/mol. The van der Waals surface area contributed by atoms with Gasteiger partial charge in [-0.05, 0) is 68.5 Å². The molecule has 0 saturated heterocycles. The van der Waals surface area contributed by atoms with E-state index in [1.54, 1.807) is 6.20 Å². The van der Waals surface area contributed by atoms with Gasteiger partial charge >= 0.3 is 0 Å². The van der Waals surface area contributed by atoms with Crippen LogP contribution in [0.25, 0.3) is 22.6 Å². The van der Waals surface area contributed by atoms with Gasteiger partial charge in [-0.2, -0.15) is 4.98 Å². The molecule has 1 saturated carbocycles. The Kier molecular flexibility index (Phi) is 5.69. The Labute approximate surface area is 202 Å². The molecule has 0 aliphatic heterocycles. The zero-order valence-electron chi connectivity index (χ0n) is 19.1. The lowest BCUT2D eigenvalue weighted by Crippen LogP contribution is -2.13. The van der Waals surface area contributed by atoms with Crippen LogP contribution in [0.5, 0.6) is 5.88 Å². The molecule has 174 valence electrons. The number of ether oxygens (including phenoxy) is 1. The molecular weight excluding hydrogens is 452 g/mol. The summed E-state index contributed by atoms with van der Waals surface area (Å²) in [5.74, 6) is 0.774. The van der Waals surface area contributed by atoms with E-state index in [1.807, 2.05) is 41.8 Å². The molecule has 0 unspecified atom stereocenters. The molecule has 8 nitrogen and oxygen atoms in total. The highest BCUT2D eigenvalue weighted by Gasteiger charge is 2.41. The maximum Gasteiger partial charge on any atom is 0.245 e. The molecule has 0 bridgehead atoms. The molecule has 0 spiro atoms. The van der Waals surface area contributed by atoms with E-state index in [2.05, 4.69) is 21.9 Å². The van der Waals surface area contributed by atoms with Crippen molar-refractivity contribution in [3.8, 4) is 17.3 Å². The first kappa shape index (κ1) is 22.3. The summed E-state index contributed by atoms with van der Waals surface area (Å²) in [4.78, 5) is 29.5. The van der Waals surface area contributed by atoms with Crippen molar-refractivity contribution in [1.29, 1.82) is 0 Å². The van der Waals surface area contributed by atoms with Gasteiger partial charge < -0.3 is 15.0 Å². The quantitative estimate of drug-likeness (QED) is 0.407. The number of hydrogen-bond donors (Lipinski definition) is 1. The van der Waals surface area contributed by atoms with Gasteiger partial charge in [-0.25, -0.2) is 9.97 Å². The molecule has 1 amide bonds. The molecule has 2 N–H and O–H groups in total. The standard InChI is InChI=1S/C25H25ClN6O2/c1-15-7-10-28-17(11-15)13-32-22(18-5-3-16(12-19(18)26)4-6-20(27)33)31-21-23(32)29-14-30-24(21)34-25(2)8-9-25/h3,5,7,10-12,14H,4,6,8-9,13H2,1-2H3,(H2,27,33). The number of aromatic nitrogens is 5. The fourth-order valence-corrected chi connectivity index (χ4v) is 4.16. The Hall–Kier alpha value is -3.52. The number of rotatable bonds is 8. The van der Waals surface area contributed by atoms with E-state index in [1.165, 1.54) is 6.33 Å². The first-order valence-electron chi connectivity index (χ1n) is 11.2. The largest absolute Gasteiger partial charge is 0.470 e. The number of hydrogen-bond acceptors (Lipinski definition) is 6. The minimum absolute atomic E-state index is 0.205. The molecule has 1 aliphatic carbocycles. The molecule has 3 aromatic heterocycles. The van der Waals surface area contributed by atoms with Gasteiger partial charge in [0.05, 0.1) is 17.3 Å². The van der Waals surface area contributed by atoms with Gasteiger partial charge in [-0.15, -0.1) is 0 Å². The van der Waals surface area contributed by atoms with E-state index < -0.39 is 0 Å². The minimum atomic E-state index is -0.344. The third-order valence-electron chi connectivity index (χ3n) is 6.02. The van der Waals surface area contributed by atoms with Gasteiger partial charge in [-0.1, -0.05) is 17.7 Å². The van der Waals surface area contributed by atoms with E-state index in [0.717, 1.165) is 35.2 Å². The summed E-state index contributed by atoms with van der Waals surface area (Å²) in [6, 6.07) is 9.70. The Morgan fingerprint density at radius 2 is 2.03 bits per heavy atom. The summed E-state index contributed by atoms with van der Waals surface area (Å²) in [6.07, 6.45) is 6.06. The third kappa shape index (κ3) is 4.59. The third-order valence-corrected chi connectivity index (χ3v) is 6.33. The number of nitrogens with two attached hydrogens (primary N) is 1. The van der Waals surface area contributed by atoms with Crippen molar-refractivity contribution in [2.24, 2.45) is 5.73 Å². The molecule has 0 radical (unpaired) electrons. The summed E-state index contributed by atoms with van der Waals surface area (Å²) in [6.45, 7) is 4.56. The van der Waals surface area contributed by atoms with Crippen LogP contribution in [0.1, 0.15) is 43.0 Å². The van der Waals surface area contributed by atoms with Crippen molar-refractivity contribution in [1.82, 2.24) is 24.5 Å². The smallest absolute Gasteiger partial charge is 0.245 e. The van der Waals surface area contributed by atoms with Crippen LogP contribution in [0, 0.1) is 6.92 Å². The van der Waals surface area contributed by atoms with Crippen LogP contribution in [-0.4, -0.2) is 36.0 Å². The number of amides is 1. The number of halogens is 1. The number of fused-ring (bicyclic) bond motifs is 1. The number of pyridine rings is 1. The van der Waals surface area contributed by atoms with Crippen molar-refractivity contribution in [3.05, 3.63) is 64.7 Å². The highest BCUT2D eigenvalue weighted by Crippen LogP contribution is 2.41. The van der Waals surface area contributed by atoms with E-state index in [4.69, 9.17) is 27.1 Å². The lowest BCUT2D eigenvalue weighted by atomic mass is 10.1. The van der Waals surface area contributed by atoms with Crippen LogP contribution in [0.3, 0.4) is 0 Å². The Morgan fingerprint density at radius 1 is 1.21 bits per heavy atom. The minimum Gasteiger partial charge on any atom is -0.470 e. The zero-order valence-corrected chi connectivity index (χ0v) is 19.8. The first-order chi connectivity index (χ1) is 16.3. The van der Waals surface area contributed by atoms with E-state index in [-0.39, 0.29) is 17.9 Å². The number of carbonyl (C=O) groups excluding carboxylic acids is 1. The second-order valence-corrected chi connectivity index (χ2v) is 9.44. The van der Waals surface area contributed by atoms with Crippen LogP contribution in [-0.2, 0) is 17.8 Å². The Balaban J connectivity index is 1.62. The number of aryl methyl sites for hydroxylation is 2. The van der Waals surface area contributed by atoms with E-state index in [9.17, 15) is 4.79 Å². The van der Waals surface area contributed by atoms with E-state index >= 15 is 0 Å². The summed E-state index contributed by atoms with van der Waals surface area (Å²) in [5.41, 5.74) is 10.0. The van der Waals surface area contributed by atoms with Crippen molar-refractivity contribution in [2.75, 3.05) is 0 Å². The highest BCUT2D eigenvalue weighted by molar-refractivity contribution is 6.33. The van der Waals surface area contributed by atoms with Crippen molar-refractivity contribution < 1.29 is 9.53 Å². The van der Waals surface area contributed by atoms with Crippen LogP contribution < -0.4 is 10.5 Å². The maximum absolute atomic E-state index is 11.2. The Morgan fingerprint density at radius 3 is 2.74 bits per heavy atom. The molecule has 34 heavy (non-hydrogen) atoms. The maximum atomic E-state index is 11.2. The number of imidazole rings is 1. The van der Waals surface area contributed by atoms with Gasteiger partial charge in [-0.3, -0.25) is 9.78 Å². The van der Waals surface area contributed by atoms with E-state index in [0.29, 0.717) is 40.9 Å².